The molecule has 0 unspecified atom stereocenters. The van der Waals surface area contributed by atoms with Crippen LogP contribution < -0.4 is 4.72 Å². The van der Waals surface area contributed by atoms with Crippen LogP contribution in [0.15, 0.2) is 45.8 Å². The van der Waals surface area contributed by atoms with Gasteiger partial charge in [-0.05, 0) is 30.3 Å². The van der Waals surface area contributed by atoms with E-state index >= 15 is 0 Å². The van der Waals surface area contributed by atoms with Gasteiger partial charge in [-0.1, -0.05) is 56.8 Å². The van der Waals surface area contributed by atoms with Crippen molar-refractivity contribution in [2.45, 2.75) is 4.90 Å². The molecule has 0 aliphatic rings. The van der Waals surface area contributed by atoms with E-state index < -0.39 is 10.0 Å². The van der Waals surface area contributed by atoms with Crippen molar-refractivity contribution < 1.29 is 8.42 Å². The quantitative estimate of drug-likeness (QED) is 0.748. The molecule has 106 valence electrons. The van der Waals surface area contributed by atoms with Gasteiger partial charge < -0.3 is 0 Å². The molecule has 0 heterocycles. The summed E-state index contributed by atoms with van der Waals surface area (Å²) >= 11 is 21.0. The van der Waals surface area contributed by atoms with E-state index in [0.717, 1.165) is 0 Å². The second-order valence-electron chi connectivity index (χ2n) is 3.78. The molecular weight excluding hydrogens is 408 g/mol. The lowest BCUT2D eigenvalue weighted by atomic mass is 10.3. The third kappa shape index (κ3) is 3.40. The summed E-state index contributed by atoms with van der Waals surface area (Å²) in [4.78, 5) is -0.0571. The third-order valence-corrected chi connectivity index (χ3v) is 5.34. The zero-order valence-corrected chi connectivity index (χ0v) is 14.4. The van der Waals surface area contributed by atoms with Gasteiger partial charge in [-0.15, -0.1) is 0 Å². The zero-order chi connectivity index (χ0) is 14.9. The summed E-state index contributed by atoms with van der Waals surface area (Å²) in [5.74, 6) is 0. The van der Waals surface area contributed by atoms with Crippen molar-refractivity contribution >= 4 is 66.4 Å². The van der Waals surface area contributed by atoms with Crippen molar-refractivity contribution in [1.29, 1.82) is 0 Å². The highest BCUT2D eigenvalue weighted by molar-refractivity contribution is 9.10. The fraction of sp³-hybridized carbons (Fsp3) is 0. The molecule has 0 aromatic heterocycles. The number of halogens is 4. The number of anilines is 1. The molecule has 2 aromatic rings. The Morgan fingerprint density at radius 2 is 1.55 bits per heavy atom. The molecule has 20 heavy (non-hydrogen) atoms. The second-order valence-corrected chi connectivity index (χ2v) is 7.57. The Kier molecular flexibility index (Phi) is 4.87. The van der Waals surface area contributed by atoms with Gasteiger partial charge in [0.2, 0.25) is 0 Å². The van der Waals surface area contributed by atoms with E-state index in [1.807, 2.05) is 0 Å². The molecule has 3 nitrogen and oxygen atoms in total. The van der Waals surface area contributed by atoms with E-state index in [1.54, 1.807) is 12.1 Å². The summed E-state index contributed by atoms with van der Waals surface area (Å²) in [6.45, 7) is 0. The topological polar surface area (TPSA) is 46.2 Å². The fourth-order valence-corrected chi connectivity index (χ4v) is 4.22. The van der Waals surface area contributed by atoms with Gasteiger partial charge in [0.15, 0.2) is 0 Å². The van der Waals surface area contributed by atoms with Crippen LogP contribution in [0.25, 0.3) is 0 Å². The average molecular weight is 416 g/mol. The number of hydrogen-bond acceptors (Lipinski definition) is 2. The Balaban J connectivity index is 2.46. The summed E-state index contributed by atoms with van der Waals surface area (Å²) in [6.07, 6.45) is 0. The minimum atomic E-state index is -3.88. The van der Waals surface area contributed by atoms with E-state index in [9.17, 15) is 8.42 Å². The monoisotopic (exact) mass is 413 g/mol. The average Bonchev–Trinajstić information content (AvgIpc) is 2.33. The van der Waals surface area contributed by atoms with E-state index in [2.05, 4.69) is 20.7 Å². The maximum Gasteiger partial charge on any atom is 0.263 e. The molecule has 0 bridgehead atoms. The number of rotatable bonds is 3. The number of nitrogens with one attached hydrogen (secondary N) is 1. The number of hydrogen-bond donors (Lipinski definition) is 1. The van der Waals surface area contributed by atoms with Gasteiger partial charge in [0.25, 0.3) is 10.0 Å². The number of benzene rings is 2. The van der Waals surface area contributed by atoms with Gasteiger partial charge >= 0.3 is 0 Å². The molecule has 0 radical (unpaired) electrons. The molecule has 0 aliphatic carbocycles. The smallest absolute Gasteiger partial charge is 0.263 e. The maximum absolute atomic E-state index is 12.3. The molecule has 0 spiro atoms. The van der Waals surface area contributed by atoms with Gasteiger partial charge in [-0.3, -0.25) is 4.72 Å². The molecule has 0 saturated heterocycles. The van der Waals surface area contributed by atoms with Crippen LogP contribution in [0.4, 0.5) is 5.69 Å². The Morgan fingerprint density at radius 1 is 0.950 bits per heavy atom. The molecule has 0 aliphatic heterocycles. The lowest BCUT2D eigenvalue weighted by Crippen LogP contribution is -2.14. The first-order chi connectivity index (χ1) is 9.31. The summed E-state index contributed by atoms with van der Waals surface area (Å²) in [7, 11) is -3.88. The van der Waals surface area contributed by atoms with Crippen molar-refractivity contribution in [2.24, 2.45) is 0 Å². The number of sulfonamides is 1. The Labute approximate surface area is 140 Å². The van der Waals surface area contributed by atoms with Crippen LogP contribution in [0.2, 0.25) is 15.1 Å². The molecule has 0 amide bonds. The molecule has 0 fully saturated rings. The predicted octanol–water partition coefficient (Wildman–Crippen LogP) is 5.21. The lowest BCUT2D eigenvalue weighted by molar-refractivity contribution is 0.601. The van der Waals surface area contributed by atoms with Gasteiger partial charge in [0, 0.05) is 4.47 Å². The van der Waals surface area contributed by atoms with Crippen molar-refractivity contribution in [3.63, 3.8) is 0 Å². The molecule has 0 saturated carbocycles. The van der Waals surface area contributed by atoms with Crippen molar-refractivity contribution in [2.75, 3.05) is 4.72 Å². The lowest BCUT2D eigenvalue weighted by Gasteiger charge is -2.12. The van der Waals surface area contributed by atoms with Crippen molar-refractivity contribution in [1.82, 2.24) is 0 Å². The van der Waals surface area contributed by atoms with Crippen LogP contribution in [0.1, 0.15) is 0 Å². The molecule has 0 atom stereocenters. The Morgan fingerprint density at radius 3 is 2.10 bits per heavy atom. The fourth-order valence-electron chi connectivity index (χ4n) is 1.48. The largest absolute Gasteiger partial charge is 0.277 e. The predicted molar refractivity (Wildman–Crippen MR) is 86.4 cm³/mol. The van der Waals surface area contributed by atoms with Crippen LogP contribution in [0, 0.1) is 0 Å². The first kappa shape index (κ1) is 15.9. The van der Waals surface area contributed by atoms with E-state index in [0.29, 0.717) is 4.47 Å². The minimum Gasteiger partial charge on any atom is -0.277 e. The van der Waals surface area contributed by atoms with Gasteiger partial charge in [-0.25, -0.2) is 8.42 Å². The van der Waals surface area contributed by atoms with E-state index in [4.69, 9.17) is 34.8 Å². The van der Waals surface area contributed by atoms with Gasteiger partial charge in [0.05, 0.1) is 20.8 Å². The molecule has 1 N–H and O–H groups in total. The van der Waals surface area contributed by atoms with Crippen LogP contribution in [0.5, 0.6) is 0 Å². The highest BCUT2D eigenvalue weighted by atomic mass is 79.9. The normalized spacial score (nSPS) is 11.4. The SMILES string of the molecule is O=S(=O)(Nc1c(Cl)cccc1Cl)c1ccc(Br)cc1Cl. The Hall–Kier alpha value is -0.460. The molecule has 2 rings (SSSR count). The molecule has 2 aromatic carbocycles. The van der Waals surface area contributed by atoms with Crippen molar-refractivity contribution in [3.05, 3.63) is 55.9 Å². The minimum absolute atomic E-state index is 0.0571. The Bertz CT molecular complexity index is 745. The summed E-state index contributed by atoms with van der Waals surface area (Å²) < 4.78 is 27.6. The van der Waals surface area contributed by atoms with Crippen LogP contribution in [-0.2, 0) is 10.0 Å². The molecule has 8 heteroatoms. The first-order valence-corrected chi connectivity index (χ1v) is 8.64. The maximum atomic E-state index is 12.3. The molecular formula is C12H7BrCl3NO2S. The van der Waals surface area contributed by atoms with E-state index in [-0.39, 0.29) is 25.7 Å². The standard InChI is InChI=1S/C12H7BrCl3NO2S/c13-7-4-5-11(10(16)6-7)20(18,19)17-12-8(14)2-1-3-9(12)15/h1-6,17H. The van der Waals surface area contributed by atoms with Crippen LogP contribution in [-0.4, -0.2) is 8.42 Å². The van der Waals surface area contributed by atoms with E-state index in [1.165, 1.54) is 24.3 Å². The zero-order valence-electron chi connectivity index (χ0n) is 9.70. The summed E-state index contributed by atoms with van der Waals surface area (Å²) in [5.41, 5.74) is 0.120. The highest BCUT2D eigenvalue weighted by Crippen LogP contribution is 2.33. The third-order valence-electron chi connectivity index (χ3n) is 2.38. The van der Waals surface area contributed by atoms with Crippen LogP contribution in [0.3, 0.4) is 0 Å². The van der Waals surface area contributed by atoms with Gasteiger partial charge in [0.1, 0.15) is 4.90 Å². The van der Waals surface area contributed by atoms with Crippen LogP contribution >= 0.6 is 50.7 Å². The second kappa shape index (κ2) is 6.12. The summed E-state index contributed by atoms with van der Waals surface area (Å²) in [5, 5.41) is 0.499. The summed E-state index contributed by atoms with van der Waals surface area (Å²) in [6, 6.07) is 9.15. The van der Waals surface area contributed by atoms with Gasteiger partial charge in [-0.2, -0.15) is 0 Å². The highest BCUT2D eigenvalue weighted by Gasteiger charge is 2.20. The first-order valence-electron chi connectivity index (χ1n) is 5.23. The van der Waals surface area contributed by atoms with Crippen molar-refractivity contribution in [3.8, 4) is 0 Å². The number of para-hydroxylation sites is 1.